The summed E-state index contributed by atoms with van der Waals surface area (Å²) < 4.78 is 47.2. The van der Waals surface area contributed by atoms with Crippen molar-refractivity contribution in [2.75, 3.05) is 19.8 Å². The molecule has 2 aromatic carbocycles. The lowest BCUT2D eigenvalue weighted by atomic mass is 10.1. The molecule has 2 aromatic rings. The molecule has 1 amide bonds. The lowest BCUT2D eigenvalue weighted by Crippen LogP contribution is -2.35. The summed E-state index contributed by atoms with van der Waals surface area (Å²) in [5.74, 6) is 0.0280. The van der Waals surface area contributed by atoms with Crippen LogP contribution in [-0.4, -0.2) is 31.8 Å². The first-order valence-corrected chi connectivity index (χ1v) is 8.54. The van der Waals surface area contributed by atoms with E-state index in [2.05, 4.69) is 26.0 Å². The van der Waals surface area contributed by atoms with E-state index >= 15 is 0 Å². The van der Waals surface area contributed by atoms with Crippen LogP contribution in [0.5, 0.6) is 5.75 Å². The molecular weight excluding hydrogens is 415 g/mol. The lowest BCUT2D eigenvalue weighted by Gasteiger charge is -2.19. The molecule has 0 saturated heterocycles. The number of benzene rings is 2. The molecule has 0 aliphatic rings. The molecule has 0 saturated carbocycles. The molecule has 0 aliphatic heterocycles. The summed E-state index contributed by atoms with van der Waals surface area (Å²) >= 11 is 3.32. The number of rotatable bonds is 8. The summed E-state index contributed by atoms with van der Waals surface area (Å²) in [5.41, 5.74) is 0.629. The van der Waals surface area contributed by atoms with Crippen molar-refractivity contribution in [2.24, 2.45) is 0 Å². The van der Waals surface area contributed by atoms with E-state index in [1.54, 1.807) is 48.5 Å². The lowest BCUT2D eigenvalue weighted by molar-refractivity contribution is -0.173. The zero-order valence-corrected chi connectivity index (χ0v) is 15.2. The quantitative estimate of drug-likeness (QED) is 0.635. The van der Waals surface area contributed by atoms with Gasteiger partial charge in [0.05, 0.1) is 6.61 Å². The van der Waals surface area contributed by atoms with E-state index in [-0.39, 0.29) is 13.2 Å². The number of ether oxygens (including phenoxy) is 2. The Hall–Kier alpha value is -2.06. The summed E-state index contributed by atoms with van der Waals surface area (Å²) in [6.07, 6.45) is -5.32. The van der Waals surface area contributed by atoms with Gasteiger partial charge >= 0.3 is 6.18 Å². The average Bonchev–Trinajstić information content (AvgIpc) is 2.60. The van der Waals surface area contributed by atoms with E-state index in [1.165, 1.54) is 0 Å². The van der Waals surface area contributed by atoms with Crippen molar-refractivity contribution >= 4 is 21.8 Å². The number of amides is 1. The number of hydrogen-bond donors (Lipinski definition) is 1. The molecule has 0 radical (unpaired) electrons. The van der Waals surface area contributed by atoms with E-state index in [1.807, 2.05) is 6.07 Å². The van der Waals surface area contributed by atoms with Crippen molar-refractivity contribution in [2.45, 2.75) is 12.3 Å². The van der Waals surface area contributed by atoms with Crippen LogP contribution in [0.4, 0.5) is 13.2 Å². The first kappa shape index (κ1) is 20.3. The number of alkyl halides is 3. The molecule has 1 N–H and O–H groups in total. The molecule has 140 valence electrons. The predicted octanol–water partition coefficient (Wildman–Crippen LogP) is 4.26. The maximum atomic E-state index is 12.5. The third kappa shape index (κ3) is 7.05. The Balaban J connectivity index is 1.97. The summed E-state index contributed by atoms with van der Waals surface area (Å²) in [6.45, 7) is -1.65. The molecule has 4 nitrogen and oxygen atoms in total. The predicted molar refractivity (Wildman–Crippen MR) is 93.8 cm³/mol. The van der Waals surface area contributed by atoms with Gasteiger partial charge < -0.3 is 14.8 Å². The summed E-state index contributed by atoms with van der Waals surface area (Å²) in [7, 11) is 0. The van der Waals surface area contributed by atoms with Gasteiger partial charge in [-0.3, -0.25) is 4.79 Å². The van der Waals surface area contributed by atoms with Crippen molar-refractivity contribution in [3.8, 4) is 5.75 Å². The molecular formula is C18H17BrF3NO3. The second kappa shape index (κ2) is 9.59. The summed E-state index contributed by atoms with van der Waals surface area (Å²) in [4.78, 5) is 12.5. The van der Waals surface area contributed by atoms with E-state index in [9.17, 15) is 18.0 Å². The summed E-state index contributed by atoms with van der Waals surface area (Å²) in [6, 6.07) is 15.8. The Bertz CT molecular complexity index is 693. The molecule has 8 heteroatoms. The second-order valence-electron chi connectivity index (χ2n) is 5.32. The normalized spacial score (nSPS) is 12.5. The van der Waals surface area contributed by atoms with Crippen LogP contribution < -0.4 is 10.1 Å². The van der Waals surface area contributed by atoms with Gasteiger partial charge in [0.1, 0.15) is 12.4 Å². The zero-order chi connectivity index (χ0) is 19.0. The highest BCUT2D eigenvalue weighted by Crippen LogP contribution is 2.24. The van der Waals surface area contributed by atoms with E-state index in [0.29, 0.717) is 11.3 Å². The van der Waals surface area contributed by atoms with Crippen molar-refractivity contribution in [1.29, 1.82) is 0 Å². The van der Waals surface area contributed by atoms with Crippen LogP contribution in [0.3, 0.4) is 0 Å². The van der Waals surface area contributed by atoms with Crippen LogP contribution in [0.25, 0.3) is 0 Å². The minimum atomic E-state index is -4.39. The van der Waals surface area contributed by atoms with Crippen molar-refractivity contribution in [3.05, 3.63) is 64.6 Å². The number of nitrogens with one attached hydrogen (secondary N) is 1. The highest BCUT2D eigenvalue weighted by atomic mass is 79.9. The molecule has 0 aromatic heterocycles. The van der Waals surface area contributed by atoms with E-state index in [4.69, 9.17) is 4.74 Å². The fourth-order valence-corrected chi connectivity index (χ4v) is 2.34. The third-order valence-corrected chi connectivity index (χ3v) is 3.75. The molecule has 0 spiro atoms. The third-order valence-electron chi connectivity index (χ3n) is 3.22. The fraction of sp³-hybridized carbons (Fsp3) is 0.278. The monoisotopic (exact) mass is 431 g/mol. The molecule has 0 aliphatic carbocycles. The maximum Gasteiger partial charge on any atom is 0.411 e. The van der Waals surface area contributed by atoms with Crippen molar-refractivity contribution in [3.63, 3.8) is 0 Å². The molecule has 2 rings (SSSR count). The van der Waals surface area contributed by atoms with E-state index < -0.39 is 24.8 Å². The fourth-order valence-electron chi connectivity index (χ4n) is 2.08. The number of hydrogen-bond acceptors (Lipinski definition) is 3. The van der Waals surface area contributed by atoms with Crippen LogP contribution in [0, 0.1) is 0 Å². The van der Waals surface area contributed by atoms with Gasteiger partial charge in [0.15, 0.2) is 0 Å². The van der Waals surface area contributed by atoms with Gasteiger partial charge in [-0.2, -0.15) is 13.2 Å². The van der Waals surface area contributed by atoms with Gasteiger partial charge in [0.25, 0.3) is 5.91 Å². The zero-order valence-electron chi connectivity index (χ0n) is 13.6. The first-order chi connectivity index (χ1) is 12.3. The molecule has 1 atom stereocenters. The van der Waals surface area contributed by atoms with Crippen LogP contribution in [0.1, 0.15) is 11.7 Å². The van der Waals surface area contributed by atoms with Crippen molar-refractivity contribution in [1.82, 2.24) is 5.32 Å². The van der Waals surface area contributed by atoms with Crippen LogP contribution in [0.2, 0.25) is 0 Å². The Morgan fingerprint density at radius 1 is 1.08 bits per heavy atom. The number of carbonyl (C=O) groups is 1. The highest BCUT2D eigenvalue weighted by Gasteiger charge is 2.27. The van der Waals surface area contributed by atoms with Gasteiger partial charge in [-0.15, -0.1) is 0 Å². The SMILES string of the molecule is O=C(NCCOCC(F)(F)F)C(Oc1ccc(Br)cc1)c1ccccc1. The van der Waals surface area contributed by atoms with Crippen LogP contribution >= 0.6 is 15.9 Å². The number of carbonyl (C=O) groups excluding carboxylic acids is 1. The standard InChI is InChI=1S/C18H17BrF3NO3/c19-14-6-8-15(9-7-14)26-16(13-4-2-1-3-5-13)17(24)23-10-11-25-12-18(20,21)22/h1-9,16H,10-12H2,(H,23,24). The minimum absolute atomic E-state index is 0.0536. The van der Waals surface area contributed by atoms with Crippen LogP contribution in [-0.2, 0) is 9.53 Å². The molecule has 0 heterocycles. The molecule has 0 fully saturated rings. The van der Waals surface area contributed by atoms with Gasteiger partial charge in [0.2, 0.25) is 6.10 Å². The topological polar surface area (TPSA) is 47.6 Å². The Morgan fingerprint density at radius 3 is 2.35 bits per heavy atom. The maximum absolute atomic E-state index is 12.5. The average molecular weight is 432 g/mol. The minimum Gasteiger partial charge on any atom is -0.476 e. The van der Waals surface area contributed by atoms with Gasteiger partial charge in [-0.25, -0.2) is 0 Å². The van der Waals surface area contributed by atoms with Gasteiger partial charge in [-0.05, 0) is 24.3 Å². The van der Waals surface area contributed by atoms with E-state index in [0.717, 1.165) is 4.47 Å². The van der Waals surface area contributed by atoms with Crippen molar-refractivity contribution < 1.29 is 27.4 Å². The molecule has 0 bridgehead atoms. The molecule has 1 unspecified atom stereocenters. The largest absolute Gasteiger partial charge is 0.476 e. The second-order valence-corrected chi connectivity index (χ2v) is 6.24. The summed E-state index contributed by atoms with van der Waals surface area (Å²) in [5, 5.41) is 2.53. The Morgan fingerprint density at radius 2 is 1.73 bits per heavy atom. The molecule has 26 heavy (non-hydrogen) atoms. The Kier molecular flexibility index (Phi) is 7.47. The smallest absolute Gasteiger partial charge is 0.411 e. The number of halogens is 4. The van der Waals surface area contributed by atoms with Gasteiger partial charge in [-0.1, -0.05) is 46.3 Å². The first-order valence-electron chi connectivity index (χ1n) is 7.74. The Labute approximate surface area is 157 Å². The highest BCUT2D eigenvalue weighted by molar-refractivity contribution is 9.10. The van der Waals surface area contributed by atoms with Gasteiger partial charge in [0, 0.05) is 16.6 Å². The van der Waals surface area contributed by atoms with Crippen LogP contribution in [0.15, 0.2) is 59.1 Å².